The fraction of sp³-hybridized carbons (Fsp3) is 0.360. The third kappa shape index (κ3) is 5.07. The number of hydrogen-bond donors (Lipinski definition) is 0. The Labute approximate surface area is 187 Å². The van der Waals surface area contributed by atoms with Crippen molar-refractivity contribution in [3.8, 4) is 11.5 Å². The molecule has 0 N–H and O–H groups in total. The van der Waals surface area contributed by atoms with E-state index in [4.69, 9.17) is 9.47 Å². The van der Waals surface area contributed by atoms with Crippen molar-refractivity contribution in [1.82, 2.24) is 9.88 Å². The second kappa shape index (κ2) is 9.96. The molecule has 1 atom stereocenters. The molecular weight excluding hydrogens is 408 g/mol. The monoisotopic (exact) mass is 436 g/mol. The van der Waals surface area contributed by atoms with Gasteiger partial charge in [-0.2, -0.15) is 0 Å². The summed E-state index contributed by atoms with van der Waals surface area (Å²) in [6, 6.07) is 14.4. The number of hydrogen-bond acceptors (Lipinski definition) is 5. The summed E-state index contributed by atoms with van der Waals surface area (Å²) in [4.78, 5) is 19.6. The minimum absolute atomic E-state index is 0.0799. The second-order valence-corrected chi connectivity index (χ2v) is 8.82. The molecule has 2 aromatic carbocycles. The number of amides is 1. The van der Waals surface area contributed by atoms with Gasteiger partial charge in [-0.3, -0.25) is 4.79 Å². The number of thiazole rings is 1. The first kappa shape index (κ1) is 21.4. The maximum Gasteiger partial charge on any atom is 0.246 e. The minimum Gasteiger partial charge on any atom is -0.493 e. The predicted molar refractivity (Wildman–Crippen MR) is 126 cm³/mol. The van der Waals surface area contributed by atoms with Crippen LogP contribution in [-0.2, 0) is 11.2 Å². The van der Waals surface area contributed by atoms with Crippen molar-refractivity contribution in [2.45, 2.75) is 38.1 Å². The molecule has 1 aliphatic heterocycles. The Kier molecular flexibility index (Phi) is 6.87. The van der Waals surface area contributed by atoms with Gasteiger partial charge in [-0.1, -0.05) is 18.2 Å². The lowest BCUT2D eigenvalue weighted by molar-refractivity contribution is -0.129. The summed E-state index contributed by atoms with van der Waals surface area (Å²) >= 11 is 1.61. The Bertz CT molecular complexity index is 1040. The van der Waals surface area contributed by atoms with Gasteiger partial charge in [-0.25, -0.2) is 4.98 Å². The van der Waals surface area contributed by atoms with Crippen LogP contribution in [0.1, 0.15) is 36.3 Å². The molecule has 3 aromatic rings. The lowest BCUT2D eigenvalue weighted by Gasteiger charge is -2.35. The van der Waals surface area contributed by atoms with Crippen molar-refractivity contribution in [1.29, 1.82) is 0 Å². The molecule has 1 aliphatic rings. The first-order chi connectivity index (χ1) is 15.2. The lowest BCUT2D eigenvalue weighted by Crippen LogP contribution is -2.43. The number of methoxy groups -OCH3 is 2. The molecule has 0 aliphatic carbocycles. The molecule has 31 heavy (non-hydrogen) atoms. The average Bonchev–Trinajstić information content (AvgIpc) is 3.24. The molecule has 0 saturated carbocycles. The van der Waals surface area contributed by atoms with Crippen LogP contribution in [0.4, 0.5) is 0 Å². The average molecular weight is 437 g/mol. The van der Waals surface area contributed by atoms with Crippen molar-refractivity contribution in [3.05, 3.63) is 59.1 Å². The molecular formula is C25H28N2O3S. The van der Waals surface area contributed by atoms with Gasteiger partial charge in [-0.15, -0.1) is 11.3 Å². The van der Waals surface area contributed by atoms with Gasteiger partial charge in [0.1, 0.15) is 5.01 Å². The van der Waals surface area contributed by atoms with Crippen molar-refractivity contribution in [2.75, 3.05) is 20.8 Å². The van der Waals surface area contributed by atoms with Gasteiger partial charge in [-0.05, 0) is 68.0 Å². The number of aromatic nitrogens is 1. The van der Waals surface area contributed by atoms with Gasteiger partial charge in [0, 0.05) is 18.7 Å². The number of aryl methyl sites for hydroxylation is 1. The second-order valence-electron chi connectivity index (χ2n) is 7.76. The highest BCUT2D eigenvalue weighted by Gasteiger charge is 2.25. The molecule has 1 fully saturated rings. The van der Waals surface area contributed by atoms with Crippen LogP contribution in [0, 0.1) is 0 Å². The number of carbonyl (C=O) groups is 1. The minimum atomic E-state index is 0.0799. The lowest BCUT2D eigenvalue weighted by atomic mass is 9.95. The summed E-state index contributed by atoms with van der Waals surface area (Å²) in [6.45, 7) is 0.819. The Morgan fingerprint density at radius 3 is 2.81 bits per heavy atom. The van der Waals surface area contributed by atoms with E-state index < -0.39 is 0 Å². The molecule has 4 rings (SSSR count). The van der Waals surface area contributed by atoms with Crippen LogP contribution < -0.4 is 9.47 Å². The van der Waals surface area contributed by atoms with Gasteiger partial charge in [0.05, 0.1) is 24.4 Å². The van der Waals surface area contributed by atoms with Gasteiger partial charge in [0.2, 0.25) is 5.91 Å². The summed E-state index contributed by atoms with van der Waals surface area (Å²) in [7, 11) is 3.30. The van der Waals surface area contributed by atoms with Crippen LogP contribution >= 0.6 is 11.3 Å². The van der Waals surface area contributed by atoms with E-state index in [1.54, 1.807) is 31.6 Å². The molecule has 6 heteroatoms. The van der Waals surface area contributed by atoms with E-state index in [9.17, 15) is 4.79 Å². The van der Waals surface area contributed by atoms with E-state index in [1.165, 1.54) is 12.0 Å². The zero-order valence-corrected chi connectivity index (χ0v) is 18.9. The van der Waals surface area contributed by atoms with Crippen LogP contribution in [0.2, 0.25) is 0 Å². The van der Waals surface area contributed by atoms with E-state index >= 15 is 0 Å². The molecule has 5 nitrogen and oxygen atoms in total. The van der Waals surface area contributed by atoms with E-state index in [0.29, 0.717) is 0 Å². The van der Waals surface area contributed by atoms with Crippen LogP contribution in [0.3, 0.4) is 0 Å². The van der Waals surface area contributed by atoms with Crippen molar-refractivity contribution in [3.63, 3.8) is 0 Å². The largest absolute Gasteiger partial charge is 0.493 e. The fourth-order valence-electron chi connectivity index (χ4n) is 4.16. The van der Waals surface area contributed by atoms with Gasteiger partial charge < -0.3 is 14.4 Å². The molecule has 1 amide bonds. The Hall–Kier alpha value is -2.86. The van der Waals surface area contributed by atoms with Crippen molar-refractivity contribution < 1.29 is 14.3 Å². The Morgan fingerprint density at radius 2 is 2.00 bits per heavy atom. The van der Waals surface area contributed by atoms with Crippen LogP contribution in [0.25, 0.3) is 16.3 Å². The third-order valence-electron chi connectivity index (χ3n) is 5.80. The number of para-hydroxylation sites is 1. The zero-order valence-electron chi connectivity index (χ0n) is 18.0. The number of fused-ring (bicyclic) bond motifs is 1. The van der Waals surface area contributed by atoms with Gasteiger partial charge in [0.25, 0.3) is 0 Å². The molecule has 1 unspecified atom stereocenters. The normalized spacial score (nSPS) is 16.7. The summed E-state index contributed by atoms with van der Waals surface area (Å²) in [6.07, 6.45) is 8.66. The summed E-state index contributed by atoms with van der Waals surface area (Å²) in [5, 5.41) is 0.869. The summed E-state index contributed by atoms with van der Waals surface area (Å²) in [5.41, 5.74) is 2.17. The van der Waals surface area contributed by atoms with E-state index in [-0.39, 0.29) is 11.9 Å². The quantitative estimate of drug-likeness (QED) is 0.469. The molecule has 1 saturated heterocycles. The standard InChI is InChI=1S/C25H28N2O3S/c1-29-21-13-11-18(17-22(21)30-2)10-12-19-7-5-6-16-27(19)25(28)15-14-24-26-20-8-3-4-9-23(20)31-24/h3-4,8-9,11,13-15,17,19H,5-7,10,12,16H2,1-2H3/b15-14+. The molecule has 162 valence electrons. The van der Waals surface area contributed by atoms with Crippen LogP contribution in [0.15, 0.2) is 48.5 Å². The Morgan fingerprint density at radius 1 is 1.16 bits per heavy atom. The highest BCUT2D eigenvalue weighted by Crippen LogP contribution is 2.29. The number of benzene rings is 2. The van der Waals surface area contributed by atoms with Gasteiger partial charge >= 0.3 is 0 Å². The molecule has 1 aromatic heterocycles. The maximum atomic E-state index is 13.0. The number of rotatable bonds is 7. The SMILES string of the molecule is COc1ccc(CCC2CCCCN2C(=O)/C=C/c2nc3ccccc3s2)cc1OC. The number of nitrogens with zero attached hydrogens (tertiary/aromatic N) is 2. The van der Waals surface area contributed by atoms with Crippen LogP contribution in [0.5, 0.6) is 11.5 Å². The smallest absolute Gasteiger partial charge is 0.246 e. The topological polar surface area (TPSA) is 51.7 Å². The summed E-state index contributed by atoms with van der Waals surface area (Å²) < 4.78 is 11.9. The maximum absolute atomic E-state index is 13.0. The predicted octanol–water partition coefficient (Wildman–Crippen LogP) is 5.34. The molecule has 2 heterocycles. The zero-order chi connectivity index (χ0) is 21.6. The molecule has 0 radical (unpaired) electrons. The highest BCUT2D eigenvalue weighted by molar-refractivity contribution is 7.19. The number of likely N-dealkylation sites (tertiary alicyclic amines) is 1. The van der Waals surface area contributed by atoms with Gasteiger partial charge in [0.15, 0.2) is 11.5 Å². The third-order valence-corrected chi connectivity index (χ3v) is 6.80. The Balaban J connectivity index is 1.41. The number of piperidine rings is 1. The first-order valence-corrected chi connectivity index (χ1v) is 11.5. The molecule has 0 spiro atoms. The highest BCUT2D eigenvalue weighted by atomic mass is 32.1. The van der Waals surface area contributed by atoms with E-state index in [2.05, 4.69) is 17.1 Å². The molecule has 0 bridgehead atoms. The number of ether oxygens (including phenoxy) is 2. The fourth-order valence-corrected chi connectivity index (χ4v) is 5.03. The van der Waals surface area contributed by atoms with E-state index in [1.807, 2.05) is 41.3 Å². The first-order valence-electron chi connectivity index (χ1n) is 10.7. The number of carbonyl (C=O) groups excluding carboxylic acids is 1. The van der Waals surface area contributed by atoms with E-state index in [0.717, 1.165) is 59.0 Å². The van der Waals surface area contributed by atoms with Crippen LogP contribution in [-0.4, -0.2) is 42.6 Å². The van der Waals surface area contributed by atoms with Crippen molar-refractivity contribution in [2.24, 2.45) is 0 Å². The summed E-state index contributed by atoms with van der Waals surface area (Å²) in [5.74, 6) is 1.56. The van der Waals surface area contributed by atoms with Crippen molar-refractivity contribution >= 4 is 33.5 Å².